The first-order valence-corrected chi connectivity index (χ1v) is 7.53. The summed E-state index contributed by atoms with van der Waals surface area (Å²) in [5, 5.41) is 6.94. The van der Waals surface area contributed by atoms with Crippen molar-refractivity contribution < 1.29 is 4.39 Å². The lowest BCUT2D eigenvalue weighted by Crippen LogP contribution is -2.15. The highest BCUT2D eigenvalue weighted by atomic mass is 79.9. The molecule has 1 atom stereocenters. The van der Waals surface area contributed by atoms with Gasteiger partial charge in [-0.25, -0.2) is 4.39 Å². The minimum atomic E-state index is -0.238. The van der Waals surface area contributed by atoms with Crippen LogP contribution >= 0.6 is 15.9 Å². The van der Waals surface area contributed by atoms with Gasteiger partial charge in [0.25, 0.3) is 0 Å². The maximum Gasteiger partial charge on any atom is 0.137 e. The molecule has 2 nitrogen and oxygen atoms in total. The second-order valence-electron chi connectivity index (χ2n) is 4.99. The fraction of sp³-hybridized carbons (Fsp3) is 0.250. The third-order valence-corrected chi connectivity index (χ3v) is 4.22. The van der Waals surface area contributed by atoms with E-state index in [4.69, 9.17) is 0 Å². The van der Waals surface area contributed by atoms with E-state index in [0.717, 1.165) is 25.2 Å². The number of benzene rings is 2. The zero-order chi connectivity index (χ0) is 13.9. The van der Waals surface area contributed by atoms with Crippen molar-refractivity contribution in [3.8, 4) is 0 Å². The summed E-state index contributed by atoms with van der Waals surface area (Å²) in [6.07, 6.45) is 1.01. The summed E-state index contributed by atoms with van der Waals surface area (Å²) in [4.78, 5) is 0. The summed E-state index contributed by atoms with van der Waals surface area (Å²) in [5.41, 5.74) is 3.57. The fourth-order valence-electron chi connectivity index (χ4n) is 2.60. The van der Waals surface area contributed by atoms with E-state index < -0.39 is 0 Å². The van der Waals surface area contributed by atoms with Gasteiger partial charge >= 0.3 is 0 Å². The molecule has 0 fully saturated rings. The number of halogens is 2. The van der Waals surface area contributed by atoms with Crippen molar-refractivity contribution in [2.75, 3.05) is 11.9 Å². The highest BCUT2D eigenvalue weighted by molar-refractivity contribution is 9.10. The number of anilines is 1. The first-order chi connectivity index (χ1) is 9.74. The predicted octanol–water partition coefficient (Wildman–Crippen LogP) is 4.23. The van der Waals surface area contributed by atoms with Crippen LogP contribution < -0.4 is 10.6 Å². The van der Waals surface area contributed by atoms with Crippen molar-refractivity contribution in [1.29, 1.82) is 0 Å². The van der Waals surface area contributed by atoms with Gasteiger partial charge in [-0.05, 0) is 58.2 Å². The molecule has 1 aliphatic heterocycles. The van der Waals surface area contributed by atoms with Gasteiger partial charge in [0.1, 0.15) is 5.82 Å². The molecule has 20 heavy (non-hydrogen) atoms. The van der Waals surface area contributed by atoms with E-state index in [2.05, 4.69) is 50.8 Å². The Morgan fingerprint density at radius 1 is 1.20 bits per heavy atom. The maximum absolute atomic E-state index is 13.3. The summed E-state index contributed by atoms with van der Waals surface area (Å²) >= 11 is 3.23. The van der Waals surface area contributed by atoms with Gasteiger partial charge in [-0.1, -0.05) is 24.3 Å². The molecular formula is C16H16BrFN2. The molecule has 0 saturated heterocycles. The Balaban J connectivity index is 1.88. The van der Waals surface area contributed by atoms with E-state index in [9.17, 15) is 4.39 Å². The Morgan fingerprint density at radius 3 is 2.90 bits per heavy atom. The predicted molar refractivity (Wildman–Crippen MR) is 83.2 cm³/mol. The lowest BCUT2D eigenvalue weighted by Gasteiger charge is -2.20. The number of fused-ring (bicyclic) bond motifs is 1. The quantitative estimate of drug-likeness (QED) is 0.858. The zero-order valence-corrected chi connectivity index (χ0v) is 12.6. The molecule has 1 heterocycles. The molecule has 2 aromatic carbocycles. The molecular weight excluding hydrogens is 319 g/mol. The van der Waals surface area contributed by atoms with Crippen molar-refractivity contribution in [2.45, 2.75) is 19.0 Å². The monoisotopic (exact) mass is 334 g/mol. The Hall–Kier alpha value is -1.39. The SMILES string of the molecule is Fc1ccc(NC2CCNCc3ccccc32)cc1Br. The Morgan fingerprint density at radius 2 is 2.05 bits per heavy atom. The van der Waals surface area contributed by atoms with Gasteiger partial charge in [0.05, 0.1) is 10.5 Å². The van der Waals surface area contributed by atoms with E-state index in [0.29, 0.717) is 4.47 Å². The highest BCUT2D eigenvalue weighted by Crippen LogP contribution is 2.29. The lowest BCUT2D eigenvalue weighted by atomic mass is 9.99. The molecule has 0 saturated carbocycles. The minimum Gasteiger partial charge on any atom is -0.378 e. The number of hydrogen-bond donors (Lipinski definition) is 2. The van der Waals surface area contributed by atoms with Gasteiger partial charge in [-0.3, -0.25) is 0 Å². The van der Waals surface area contributed by atoms with Crippen molar-refractivity contribution >= 4 is 21.6 Å². The second-order valence-corrected chi connectivity index (χ2v) is 5.84. The van der Waals surface area contributed by atoms with Crippen LogP contribution in [0.2, 0.25) is 0 Å². The summed E-state index contributed by atoms with van der Waals surface area (Å²) in [6.45, 7) is 1.87. The van der Waals surface area contributed by atoms with E-state index >= 15 is 0 Å². The summed E-state index contributed by atoms with van der Waals surface area (Å²) in [6, 6.07) is 13.8. The van der Waals surface area contributed by atoms with Gasteiger partial charge < -0.3 is 10.6 Å². The molecule has 1 aliphatic rings. The third-order valence-electron chi connectivity index (χ3n) is 3.62. The molecule has 1 unspecified atom stereocenters. The first kappa shape index (κ1) is 13.6. The molecule has 0 bridgehead atoms. The Bertz CT molecular complexity index is 615. The molecule has 0 radical (unpaired) electrons. The molecule has 2 aromatic rings. The van der Waals surface area contributed by atoms with Gasteiger partial charge in [-0.15, -0.1) is 0 Å². The Kier molecular flexibility index (Phi) is 4.03. The van der Waals surface area contributed by atoms with Crippen molar-refractivity contribution in [2.24, 2.45) is 0 Å². The van der Waals surface area contributed by atoms with Gasteiger partial charge in [0, 0.05) is 12.2 Å². The van der Waals surface area contributed by atoms with Gasteiger partial charge in [-0.2, -0.15) is 0 Å². The van der Waals surface area contributed by atoms with Crippen LogP contribution in [-0.2, 0) is 6.54 Å². The molecule has 104 valence electrons. The second kappa shape index (κ2) is 5.94. The number of nitrogens with one attached hydrogen (secondary N) is 2. The Labute approximate surface area is 126 Å². The van der Waals surface area contributed by atoms with E-state index in [1.54, 1.807) is 12.1 Å². The van der Waals surface area contributed by atoms with Crippen LogP contribution in [0.4, 0.5) is 10.1 Å². The summed E-state index contributed by atoms with van der Waals surface area (Å²) in [5.74, 6) is -0.238. The topological polar surface area (TPSA) is 24.1 Å². The summed E-state index contributed by atoms with van der Waals surface area (Å²) < 4.78 is 13.8. The molecule has 4 heteroatoms. The lowest BCUT2D eigenvalue weighted by molar-refractivity contribution is 0.620. The van der Waals surface area contributed by atoms with Gasteiger partial charge in [0.15, 0.2) is 0 Å². The highest BCUT2D eigenvalue weighted by Gasteiger charge is 2.18. The zero-order valence-electron chi connectivity index (χ0n) is 11.0. The van der Waals surface area contributed by atoms with E-state index in [-0.39, 0.29) is 11.9 Å². The molecule has 2 N–H and O–H groups in total. The van der Waals surface area contributed by atoms with E-state index in [1.807, 2.05) is 0 Å². The smallest absolute Gasteiger partial charge is 0.137 e. The molecule has 0 amide bonds. The number of hydrogen-bond acceptors (Lipinski definition) is 2. The van der Waals surface area contributed by atoms with Crippen LogP contribution in [0.25, 0.3) is 0 Å². The van der Waals surface area contributed by atoms with Crippen LogP contribution in [0.5, 0.6) is 0 Å². The number of rotatable bonds is 2. The normalized spacial score (nSPS) is 18.2. The first-order valence-electron chi connectivity index (χ1n) is 6.74. The summed E-state index contributed by atoms with van der Waals surface area (Å²) in [7, 11) is 0. The van der Waals surface area contributed by atoms with Crippen LogP contribution in [0.1, 0.15) is 23.6 Å². The largest absolute Gasteiger partial charge is 0.378 e. The van der Waals surface area contributed by atoms with E-state index in [1.165, 1.54) is 17.2 Å². The van der Waals surface area contributed by atoms with Crippen LogP contribution in [0.3, 0.4) is 0 Å². The van der Waals surface area contributed by atoms with Crippen molar-refractivity contribution in [1.82, 2.24) is 5.32 Å². The van der Waals surface area contributed by atoms with Crippen LogP contribution in [0, 0.1) is 5.82 Å². The van der Waals surface area contributed by atoms with Crippen LogP contribution in [-0.4, -0.2) is 6.54 Å². The van der Waals surface area contributed by atoms with Crippen molar-refractivity contribution in [3.05, 3.63) is 63.9 Å². The minimum absolute atomic E-state index is 0.238. The molecule has 3 rings (SSSR count). The third kappa shape index (κ3) is 2.86. The maximum atomic E-state index is 13.3. The molecule has 0 aliphatic carbocycles. The molecule has 0 aromatic heterocycles. The van der Waals surface area contributed by atoms with Gasteiger partial charge in [0.2, 0.25) is 0 Å². The van der Waals surface area contributed by atoms with Crippen molar-refractivity contribution in [3.63, 3.8) is 0 Å². The van der Waals surface area contributed by atoms with Crippen LogP contribution in [0.15, 0.2) is 46.9 Å². The average molecular weight is 335 g/mol. The molecule has 0 spiro atoms. The standard InChI is InChI=1S/C16H16BrFN2/c17-14-9-12(5-6-15(14)18)20-16-7-8-19-10-11-3-1-2-4-13(11)16/h1-6,9,16,19-20H,7-8,10H2. The average Bonchev–Trinajstić information content (AvgIpc) is 2.66. The fourth-order valence-corrected chi connectivity index (χ4v) is 2.98.